The summed E-state index contributed by atoms with van der Waals surface area (Å²) in [5.41, 5.74) is 2.79. The van der Waals surface area contributed by atoms with Crippen molar-refractivity contribution in [1.82, 2.24) is 23.6 Å². The molecule has 5 rings (SSSR count). The molecule has 0 bridgehead atoms. The van der Waals surface area contributed by atoms with E-state index >= 15 is 0 Å². The zero-order valence-corrected chi connectivity index (χ0v) is 15.9. The van der Waals surface area contributed by atoms with Gasteiger partial charge in [0.05, 0.1) is 34.0 Å². The molecule has 1 atom stereocenters. The lowest BCUT2D eigenvalue weighted by Gasteiger charge is -2.18. The van der Waals surface area contributed by atoms with Gasteiger partial charge in [-0.05, 0) is 48.9 Å². The van der Waals surface area contributed by atoms with E-state index < -0.39 is 10.0 Å². The molecule has 2 aromatic heterocycles. The van der Waals surface area contributed by atoms with Gasteiger partial charge in [0.2, 0.25) is 10.0 Å². The van der Waals surface area contributed by atoms with Crippen LogP contribution in [-0.2, 0) is 10.0 Å². The van der Waals surface area contributed by atoms with Gasteiger partial charge in [-0.3, -0.25) is 0 Å². The molecule has 0 unspecified atom stereocenters. The average Bonchev–Trinajstić information content (AvgIpc) is 3.48. The van der Waals surface area contributed by atoms with Gasteiger partial charge in [-0.2, -0.15) is 9.40 Å². The maximum atomic E-state index is 13.1. The van der Waals surface area contributed by atoms with Gasteiger partial charge in [0.25, 0.3) is 0 Å². The molecule has 1 aliphatic heterocycles. The predicted molar refractivity (Wildman–Crippen MR) is 106 cm³/mol. The number of fused-ring (bicyclic) bond motifs is 1. The Kier molecular flexibility index (Phi) is 4.03. The monoisotopic (exact) mass is 393 g/mol. The number of hydrogen-bond donors (Lipinski definition) is 0. The first-order valence-electron chi connectivity index (χ1n) is 9.15. The molecule has 4 aromatic rings. The number of hydrogen-bond acceptors (Lipinski definition) is 4. The first-order valence-corrected chi connectivity index (χ1v) is 10.6. The minimum absolute atomic E-state index is 0.0884. The maximum absolute atomic E-state index is 13.1. The molecule has 0 spiro atoms. The van der Waals surface area contributed by atoms with Crippen LogP contribution in [0.5, 0.6) is 0 Å². The highest BCUT2D eigenvalue weighted by atomic mass is 32.2. The van der Waals surface area contributed by atoms with Crippen molar-refractivity contribution in [3.8, 4) is 5.69 Å². The molecule has 0 saturated carbocycles. The Labute approximate surface area is 162 Å². The fourth-order valence-corrected chi connectivity index (χ4v) is 5.26. The normalized spacial score (nSPS) is 18.1. The molecule has 0 aliphatic carbocycles. The Morgan fingerprint density at radius 2 is 1.82 bits per heavy atom. The molecule has 1 saturated heterocycles. The van der Waals surface area contributed by atoms with Gasteiger partial charge in [-0.15, -0.1) is 0 Å². The SMILES string of the molecule is O=S(=O)(c1ccc(-n2cccn2)cc1)N1CC[C@H](n2cnc3ccccc32)C1. The van der Waals surface area contributed by atoms with Gasteiger partial charge < -0.3 is 4.57 Å². The van der Waals surface area contributed by atoms with Crippen molar-refractivity contribution in [1.29, 1.82) is 0 Å². The van der Waals surface area contributed by atoms with Crippen LogP contribution >= 0.6 is 0 Å². The molecular formula is C20H19N5O2S. The molecule has 0 N–H and O–H groups in total. The van der Waals surface area contributed by atoms with E-state index in [9.17, 15) is 8.42 Å². The molecular weight excluding hydrogens is 374 g/mol. The van der Waals surface area contributed by atoms with Crippen LogP contribution in [0.3, 0.4) is 0 Å². The van der Waals surface area contributed by atoms with E-state index in [0.29, 0.717) is 18.0 Å². The average molecular weight is 393 g/mol. The highest BCUT2D eigenvalue weighted by Gasteiger charge is 2.33. The number of aromatic nitrogens is 4. The Hall–Kier alpha value is -2.97. The van der Waals surface area contributed by atoms with Crippen molar-refractivity contribution in [2.45, 2.75) is 17.4 Å². The molecule has 2 aromatic carbocycles. The summed E-state index contributed by atoms with van der Waals surface area (Å²) in [5, 5.41) is 4.17. The van der Waals surface area contributed by atoms with Gasteiger partial charge in [0, 0.05) is 25.5 Å². The second-order valence-electron chi connectivity index (χ2n) is 6.89. The van der Waals surface area contributed by atoms with Crippen LogP contribution in [-0.4, -0.2) is 45.1 Å². The lowest BCUT2D eigenvalue weighted by atomic mass is 10.2. The Morgan fingerprint density at radius 1 is 1.00 bits per heavy atom. The first kappa shape index (κ1) is 17.2. The summed E-state index contributed by atoms with van der Waals surface area (Å²) in [7, 11) is -3.53. The molecule has 142 valence electrons. The van der Waals surface area contributed by atoms with Gasteiger partial charge in [-0.25, -0.2) is 18.1 Å². The van der Waals surface area contributed by atoms with Gasteiger partial charge in [0.15, 0.2) is 0 Å². The molecule has 0 radical (unpaired) electrons. The predicted octanol–water partition coefficient (Wildman–Crippen LogP) is 2.86. The number of sulfonamides is 1. The molecule has 3 heterocycles. The van der Waals surface area contributed by atoms with Crippen molar-refractivity contribution in [2.75, 3.05) is 13.1 Å². The van der Waals surface area contributed by atoms with Crippen LogP contribution in [0.15, 0.2) is 78.2 Å². The standard InChI is InChI=1S/C20H19N5O2S/c26-28(27,18-8-6-16(7-9-18)25-12-3-11-22-25)23-13-10-17(14-23)24-15-21-19-4-1-2-5-20(19)24/h1-9,11-12,15,17H,10,13-14H2/t17-/m0/s1. The second-order valence-corrected chi connectivity index (χ2v) is 8.83. The van der Waals surface area contributed by atoms with E-state index in [-0.39, 0.29) is 6.04 Å². The third kappa shape index (κ3) is 2.81. The summed E-state index contributed by atoms with van der Waals surface area (Å²) < 4.78 is 31.5. The van der Waals surface area contributed by atoms with Gasteiger partial charge in [0.1, 0.15) is 0 Å². The third-order valence-electron chi connectivity index (χ3n) is 5.24. The quantitative estimate of drug-likeness (QED) is 0.534. The maximum Gasteiger partial charge on any atom is 0.243 e. The van der Waals surface area contributed by atoms with Crippen LogP contribution in [0.2, 0.25) is 0 Å². The summed E-state index contributed by atoms with van der Waals surface area (Å²) in [6.45, 7) is 0.948. The fourth-order valence-electron chi connectivity index (χ4n) is 3.77. The summed E-state index contributed by atoms with van der Waals surface area (Å²) >= 11 is 0. The van der Waals surface area contributed by atoms with E-state index in [2.05, 4.69) is 14.6 Å². The minimum atomic E-state index is -3.53. The van der Waals surface area contributed by atoms with Gasteiger partial charge in [-0.1, -0.05) is 12.1 Å². The molecule has 0 amide bonds. The summed E-state index contributed by atoms with van der Waals surface area (Å²) in [6, 6.07) is 16.7. The Bertz CT molecular complexity index is 1210. The number of benzene rings is 2. The summed E-state index contributed by atoms with van der Waals surface area (Å²) in [4.78, 5) is 4.73. The van der Waals surface area contributed by atoms with Gasteiger partial charge >= 0.3 is 0 Å². The minimum Gasteiger partial charge on any atom is -0.326 e. The molecule has 28 heavy (non-hydrogen) atoms. The van der Waals surface area contributed by atoms with E-state index in [1.54, 1.807) is 39.4 Å². The largest absolute Gasteiger partial charge is 0.326 e. The van der Waals surface area contributed by atoms with E-state index in [1.165, 1.54) is 0 Å². The number of rotatable bonds is 4. The number of para-hydroxylation sites is 2. The van der Waals surface area contributed by atoms with E-state index in [0.717, 1.165) is 23.1 Å². The lowest BCUT2D eigenvalue weighted by molar-refractivity contribution is 0.455. The van der Waals surface area contributed by atoms with Crippen molar-refractivity contribution in [2.24, 2.45) is 0 Å². The van der Waals surface area contributed by atoms with Crippen LogP contribution in [0.4, 0.5) is 0 Å². The second kappa shape index (κ2) is 6.57. The highest BCUT2D eigenvalue weighted by molar-refractivity contribution is 7.89. The molecule has 1 fully saturated rings. The summed E-state index contributed by atoms with van der Waals surface area (Å²) in [5.74, 6) is 0. The zero-order valence-electron chi connectivity index (χ0n) is 15.1. The Balaban J connectivity index is 1.39. The molecule has 1 aliphatic rings. The van der Waals surface area contributed by atoms with Crippen molar-refractivity contribution >= 4 is 21.1 Å². The van der Waals surface area contributed by atoms with Crippen molar-refractivity contribution in [3.63, 3.8) is 0 Å². The van der Waals surface area contributed by atoms with E-state index in [4.69, 9.17) is 0 Å². The smallest absolute Gasteiger partial charge is 0.243 e. The Morgan fingerprint density at radius 3 is 2.61 bits per heavy atom. The topological polar surface area (TPSA) is 73.0 Å². The molecule has 8 heteroatoms. The molecule has 7 nitrogen and oxygen atoms in total. The lowest BCUT2D eigenvalue weighted by Crippen LogP contribution is -2.29. The van der Waals surface area contributed by atoms with Crippen molar-refractivity contribution < 1.29 is 8.42 Å². The van der Waals surface area contributed by atoms with Crippen LogP contribution in [0.25, 0.3) is 16.7 Å². The highest BCUT2D eigenvalue weighted by Crippen LogP contribution is 2.30. The van der Waals surface area contributed by atoms with Crippen LogP contribution < -0.4 is 0 Å². The van der Waals surface area contributed by atoms with Crippen LogP contribution in [0.1, 0.15) is 12.5 Å². The third-order valence-corrected chi connectivity index (χ3v) is 7.12. The number of imidazole rings is 1. The number of nitrogens with zero attached hydrogens (tertiary/aromatic N) is 5. The summed E-state index contributed by atoms with van der Waals surface area (Å²) in [6.07, 6.45) is 6.09. The fraction of sp³-hybridized carbons (Fsp3) is 0.200. The van der Waals surface area contributed by atoms with Crippen LogP contribution in [0, 0.1) is 0 Å². The van der Waals surface area contributed by atoms with Crippen molar-refractivity contribution in [3.05, 3.63) is 73.3 Å². The first-order chi connectivity index (χ1) is 13.6. The van der Waals surface area contributed by atoms with E-state index in [1.807, 2.05) is 42.9 Å². The zero-order chi connectivity index (χ0) is 19.1.